The van der Waals surface area contributed by atoms with Crippen molar-refractivity contribution in [3.8, 4) is 0 Å². The van der Waals surface area contributed by atoms with Gasteiger partial charge < -0.3 is 11.2 Å². The van der Waals surface area contributed by atoms with Gasteiger partial charge in [0, 0.05) is 11.7 Å². The van der Waals surface area contributed by atoms with Gasteiger partial charge in [0.25, 0.3) is 0 Å². The molecule has 1 aliphatic carbocycles. The molecule has 0 aliphatic heterocycles. The van der Waals surface area contributed by atoms with Crippen molar-refractivity contribution in [1.82, 2.24) is 5.43 Å². The smallest absolute Gasteiger partial charge is 0.0443 e. The van der Waals surface area contributed by atoms with E-state index in [0.717, 1.165) is 12.1 Å². The van der Waals surface area contributed by atoms with Crippen molar-refractivity contribution in [2.75, 3.05) is 0 Å². The van der Waals surface area contributed by atoms with Crippen LogP contribution in [0.25, 0.3) is 0 Å². The second-order valence-electron chi connectivity index (χ2n) is 2.06. The first kappa shape index (κ1) is 6.32. The lowest BCUT2D eigenvalue weighted by Gasteiger charge is -2.10. The molecule has 0 fully saturated rings. The highest BCUT2D eigenvalue weighted by molar-refractivity contribution is 5.22. The summed E-state index contributed by atoms with van der Waals surface area (Å²) >= 11 is 0. The van der Waals surface area contributed by atoms with Gasteiger partial charge in [-0.2, -0.15) is 0 Å². The normalized spacial score (nSPS) is 25.6. The van der Waals surface area contributed by atoms with E-state index in [9.17, 15) is 0 Å². The number of hydrazine groups is 1. The largest absolute Gasteiger partial charge is 0.324 e. The van der Waals surface area contributed by atoms with Crippen molar-refractivity contribution in [2.24, 2.45) is 11.6 Å². The summed E-state index contributed by atoms with van der Waals surface area (Å²) in [6, 6.07) is 0.169. The Hall–Kier alpha value is -0.800. The first-order valence-electron chi connectivity index (χ1n) is 2.93. The Morgan fingerprint density at radius 1 is 1.67 bits per heavy atom. The third-order valence-corrected chi connectivity index (χ3v) is 1.30. The fourth-order valence-electron chi connectivity index (χ4n) is 0.744. The molecule has 5 N–H and O–H groups in total. The maximum atomic E-state index is 5.55. The summed E-state index contributed by atoms with van der Waals surface area (Å²) < 4.78 is 0. The van der Waals surface area contributed by atoms with E-state index in [0.29, 0.717) is 0 Å². The van der Waals surface area contributed by atoms with Gasteiger partial charge in [-0.3, -0.25) is 5.84 Å². The van der Waals surface area contributed by atoms with Crippen LogP contribution in [0.15, 0.2) is 23.9 Å². The predicted molar refractivity (Wildman–Crippen MR) is 37.1 cm³/mol. The van der Waals surface area contributed by atoms with Gasteiger partial charge in [0.1, 0.15) is 0 Å². The summed E-state index contributed by atoms with van der Waals surface area (Å²) in [5.74, 6) is 5.14. The van der Waals surface area contributed by atoms with E-state index in [2.05, 4.69) is 5.43 Å². The quantitative estimate of drug-likeness (QED) is 0.330. The molecule has 0 saturated heterocycles. The Balaban J connectivity index is 2.52. The minimum absolute atomic E-state index is 0.169. The molecular weight excluding hydrogens is 114 g/mol. The first-order valence-corrected chi connectivity index (χ1v) is 2.93. The van der Waals surface area contributed by atoms with Gasteiger partial charge in [-0.15, -0.1) is 0 Å². The minimum Gasteiger partial charge on any atom is -0.324 e. The van der Waals surface area contributed by atoms with E-state index < -0.39 is 0 Å². The molecule has 9 heavy (non-hydrogen) atoms. The lowest BCUT2D eigenvalue weighted by atomic mass is 10.1. The number of hydrogen-bond acceptors (Lipinski definition) is 3. The van der Waals surface area contributed by atoms with Crippen molar-refractivity contribution in [1.29, 1.82) is 0 Å². The van der Waals surface area contributed by atoms with Crippen LogP contribution in [0.3, 0.4) is 0 Å². The van der Waals surface area contributed by atoms with Gasteiger partial charge in [0.15, 0.2) is 0 Å². The Bertz CT molecular complexity index is 148. The van der Waals surface area contributed by atoms with Crippen LogP contribution in [0, 0.1) is 0 Å². The average Bonchev–Trinajstić information content (AvgIpc) is 1.90. The van der Waals surface area contributed by atoms with Gasteiger partial charge in [-0.1, -0.05) is 12.2 Å². The molecule has 0 heterocycles. The zero-order valence-electron chi connectivity index (χ0n) is 5.17. The number of hydrogen-bond donors (Lipinski definition) is 3. The SMILES string of the molecule is NNC1=CCC(N)C=C1. The van der Waals surface area contributed by atoms with E-state index in [1.165, 1.54) is 0 Å². The van der Waals surface area contributed by atoms with Crippen LogP contribution in [-0.2, 0) is 0 Å². The summed E-state index contributed by atoms with van der Waals surface area (Å²) in [7, 11) is 0. The predicted octanol–water partition coefficient (Wildman–Crippen LogP) is -0.379. The third-order valence-electron chi connectivity index (χ3n) is 1.30. The molecule has 0 spiro atoms. The van der Waals surface area contributed by atoms with Gasteiger partial charge in [0.05, 0.1) is 0 Å². The molecule has 0 bridgehead atoms. The minimum atomic E-state index is 0.169. The van der Waals surface area contributed by atoms with E-state index in [4.69, 9.17) is 11.6 Å². The lowest BCUT2D eigenvalue weighted by Crippen LogP contribution is -2.24. The van der Waals surface area contributed by atoms with Gasteiger partial charge in [0.2, 0.25) is 0 Å². The van der Waals surface area contributed by atoms with Crippen LogP contribution >= 0.6 is 0 Å². The average molecular weight is 125 g/mol. The molecule has 0 amide bonds. The van der Waals surface area contributed by atoms with Crippen molar-refractivity contribution in [3.05, 3.63) is 23.9 Å². The number of nitrogens with two attached hydrogens (primary N) is 2. The molecule has 1 aliphatic rings. The Morgan fingerprint density at radius 3 is 2.89 bits per heavy atom. The fraction of sp³-hybridized carbons (Fsp3) is 0.333. The van der Waals surface area contributed by atoms with Crippen LogP contribution in [0.4, 0.5) is 0 Å². The molecule has 1 rings (SSSR count). The second-order valence-corrected chi connectivity index (χ2v) is 2.06. The molecule has 1 atom stereocenters. The lowest BCUT2D eigenvalue weighted by molar-refractivity contribution is 0.790. The summed E-state index contributed by atoms with van der Waals surface area (Å²) in [5.41, 5.74) is 9.04. The monoisotopic (exact) mass is 125 g/mol. The van der Waals surface area contributed by atoms with Gasteiger partial charge in [-0.25, -0.2) is 0 Å². The van der Waals surface area contributed by atoms with Crippen molar-refractivity contribution in [3.63, 3.8) is 0 Å². The molecule has 50 valence electrons. The zero-order valence-corrected chi connectivity index (χ0v) is 5.17. The van der Waals surface area contributed by atoms with Crippen molar-refractivity contribution >= 4 is 0 Å². The molecule has 0 aromatic rings. The molecular formula is C6H11N3. The molecule has 1 unspecified atom stereocenters. The Labute approximate surface area is 54.4 Å². The van der Waals surface area contributed by atoms with E-state index >= 15 is 0 Å². The summed E-state index contributed by atoms with van der Waals surface area (Å²) in [5, 5.41) is 0. The Morgan fingerprint density at radius 2 is 2.44 bits per heavy atom. The molecule has 0 saturated carbocycles. The number of rotatable bonds is 1. The van der Waals surface area contributed by atoms with E-state index in [1.807, 2.05) is 18.2 Å². The van der Waals surface area contributed by atoms with Crippen LogP contribution in [0.5, 0.6) is 0 Å². The highest BCUT2D eigenvalue weighted by Gasteiger charge is 2.00. The summed E-state index contributed by atoms with van der Waals surface area (Å²) in [6.45, 7) is 0. The van der Waals surface area contributed by atoms with Crippen LogP contribution < -0.4 is 17.0 Å². The van der Waals surface area contributed by atoms with Crippen LogP contribution in [0.1, 0.15) is 6.42 Å². The molecule has 3 nitrogen and oxygen atoms in total. The molecule has 0 aromatic heterocycles. The van der Waals surface area contributed by atoms with Crippen LogP contribution in [0.2, 0.25) is 0 Å². The van der Waals surface area contributed by atoms with Crippen molar-refractivity contribution < 1.29 is 0 Å². The van der Waals surface area contributed by atoms with Crippen molar-refractivity contribution in [2.45, 2.75) is 12.5 Å². The maximum Gasteiger partial charge on any atom is 0.0443 e. The molecule has 3 heteroatoms. The maximum absolute atomic E-state index is 5.55. The third kappa shape index (κ3) is 1.55. The first-order chi connectivity index (χ1) is 4.33. The van der Waals surface area contributed by atoms with Gasteiger partial charge in [-0.05, 0) is 12.5 Å². The molecule has 0 radical (unpaired) electrons. The van der Waals surface area contributed by atoms with Crippen LogP contribution in [-0.4, -0.2) is 6.04 Å². The fourth-order valence-corrected chi connectivity index (χ4v) is 0.744. The molecule has 0 aromatic carbocycles. The number of nitrogens with one attached hydrogen (secondary N) is 1. The van der Waals surface area contributed by atoms with E-state index in [1.54, 1.807) is 0 Å². The van der Waals surface area contributed by atoms with Gasteiger partial charge >= 0.3 is 0 Å². The topological polar surface area (TPSA) is 64.1 Å². The summed E-state index contributed by atoms with van der Waals surface area (Å²) in [4.78, 5) is 0. The highest BCUT2D eigenvalue weighted by Crippen LogP contribution is 2.04. The summed E-state index contributed by atoms with van der Waals surface area (Å²) in [6.07, 6.45) is 6.66. The standard InChI is InChI=1S/C6H11N3/c7-5-1-3-6(9-8)4-2-5/h1,3-5,9H,2,7-8H2. The van der Waals surface area contributed by atoms with E-state index in [-0.39, 0.29) is 6.04 Å². The Kier molecular flexibility index (Phi) is 1.87. The highest BCUT2D eigenvalue weighted by atomic mass is 15.2. The zero-order chi connectivity index (χ0) is 6.69. The second kappa shape index (κ2) is 2.66. The number of allylic oxidation sites excluding steroid dienone is 1.